The maximum absolute atomic E-state index is 9.38. The summed E-state index contributed by atoms with van der Waals surface area (Å²) in [4.78, 5) is 0. The molecule has 0 aliphatic heterocycles. The lowest BCUT2D eigenvalue weighted by atomic mass is 10.0. The van der Waals surface area contributed by atoms with Gasteiger partial charge in [-0.25, -0.2) is 0 Å². The van der Waals surface area contributed by atoms with Crippen molar-refractivity contribution in [3.63, 3.8) is 0 Å². The summed E-state index contributed by atoms with van der Waals surface area (Å²) >= 11 is 0. The first kappa shape index (κ1) is 12.9. The SMILES string of the molecule is CCCCCC[C@H](O)C[C@H](O)CO. The van der Waals surface area contributed by atoms with Gasteiger partial charge in [-0.2, -0.15) is 0 Å². The number of aliphatic hydroxyl groups is 3. The average molecular weight is 190 g/mol. The third-order valence-corrected chi connectivity index (χ3v) is 2.15. The lowest BCUT2D eigenvalue weighted by molar-refractivity contribution is 0.0380. The van der Waals surface area contributed by atoms with Crippen LogP contribution in [0.3, 0.4) is 0 Å². The van der Waals surface area contributed by atoms with Gasteiger partial charge in [0.05, 0.1) is 18.8 Å². The van der Waals surface area contributed by atoms with Gasteiger partial charge in [0, 0.05) is 6.42 Å². The molecule has 3 heteroatoms. The molecule has 0 rings (SSSR count). The molecule has 0 bridgehead atoms. The summed E-state index contributed by atoms with van der Waals surface area (Å²) < 4.78 is 0. The fourth-order valence-electron chi connectivity index (χ4n) is 1.31. The first-order valence-corrected chi connectivity index (χ1v) is 5.17. The Kier molecular flexibility index (Phi) is 8.40. The van der Waals surface area contributed by atoms with Crippen LogP contribution in [-0.2, 0) is 0 Å². The topological polar surface area (TPSA) is 60.7 Å². The lowest BCUT2D eigenvalue weighted by Gasteiger charge is -2.13. The minimum Gasteiger partial charge on any atom is -0.394 e. The number of rotatable bonds is 8. The van der Waals surface area contributed by atoms with Crippen molar-refractivity contribution in [2.75, 3.05) is 6.61 Å². The number of hydrogen-bond acceptors (Lipinski definition) is 3. The van der Waals surface area contributed by atoms with Crippen molar-refractivity contribution in [1.82, 2.24) is 0 Å². The molecule has 0 unspecified atom stereocenters. The largest absolute Gasteiger partial charge is 0.394 e. The molecule has 2 atom stereocenters. The molecule has 0 aromatic heterocycles. The highest BCUT2D eigenvalue weighted by Crippen LogP contribution is 2.09. The van der Waals surface area contributed by atoms with E-state index >= 15 is 0 Å². The van der Waals surface area contributed by atoms with E-state index in [1.807, 2.05) is 0 Å². The highest BCUT2D eigenvalue weighted by atomic mass is 16.3. The zero-order valence-electron chi connectivity index (χ0n) is 8.45. The first-order chi connectivity index (χ1) is 6.20. The van der Waals surface area contributed by atoms with Gasteiger partial charge in [-0.1, -0.05) is 32.6 Å². The molecule has 3 N–H and O–H groups in total. The monoisotopic (exact) mass is 190 g/mol. The fourth-order valence-corrected chi connectivity index (χ4v) is 1.31. The van der Waals surface area contributed by atoms with E-state index in [-0.39, 0.29) is 6.61 Å². The van der Waals surface area contributed by atoms with Crippen molar-refractivity contribution in [3.05, 3.63) is 0 Å². The van der Waals surface area contributed by atoms with Crippen LogP contribution in [0.2, 0.25) is 0 Å². The van der Waals surface area contributed by atoms with Crippen LogP contribution < -0.4 is 0 Å². The Hall–Kier alpha value is -0.120. The smallest absolute Gasteiger partial charge is 0.0795 e. The number of unbranched alkanes of at least 4 members (excludes halogenated alkanes) is 3. The van der Waals surface area contributed by atoms with E-state index in [0.29, 0.717) is 6.42 Å². The van der Waals surface area contributed by atoms with Crippen molar-refractivity contribution >= 4 is 0 Å². The second kappa shape index (κ2) is 8.48. The van der Waals surface area contributed by atoms with Crippen molar-refractivity contribution in [2.45, 2.75) is 57.7 Å². The summed E-state index contributed by atoms with van der Waals surface area (Å²) in [5.41, 5.74) is 0. The van der Waals surface area contributed by atoms with Crippen LogP contribution in [0.25, 0.3) is 0 Å². The van der Waals surface area contributed by atoms with Crippen LogP contribution in [0.1, 0.15) is 45.4 Å². The maximum Gasteiger partial charge on any atom is 0.0795 e. The van der Waals surface area contributed by atoms with E-state index in [4.69, 9.17) is 10.2 Å². The predicted molar refractivity (Wildman–Crippen MR) is 52.5 cm³/mol. The van der Waals surface area contributed by atoms with Crippen molar-refractivity contribution < 1.29 is 15.3 Å². The Morgan fingerprint density at radius 1 is 1.00 bits per heavy atom. The number of hydrogen-bond donors (Lipinski definition) is 3. The van der Waals surface area contributed by atoms with Crippen molar-refractivity contribution in [1.29, 1.82) is 0 Å². The molecule has 0 heterocycles. The van der Waals surface area contributed by atoms with Gasteiger partial charge in [0.15, 0.2) is 0 Å². The van der Waals surface area contributed by atoms with Crippen molar-refractivity contribution in [3.8, 4) is 0 Å². The van der Waals surface area contributed by atoms with E-state index in [1.54, 1.807) is 0 Å². The molecule has 0 fully saturated rings. The second-order valence-corrected chi connectivity index (χ2v) is 3.58. The molecule has 80 valence electrons. The summed E-state index contributed by atoms with van der Waals surface area (Å²) in [7, 11) is 0. The Labute approximate surface area is 80.4 Å². The van der Waals surface area contributed by atoms with E-state index in [2.05, 4.69) is 6.92 Å². The zero-order valence-corrected chi connectivity index (χ0v) is 8.45. The third-order valence-electron chi connectivity index (χ3n) is 2.15. The van der Waals surface area contributed by atoms with Gasteiger partial charge < -0.3 is 15.3 Å². The first-order valence-electron chi connectivity index (χ1n) is 5.17. The Bertz CT molecular complexity index is 106. The summed E-state index contributed by atoms with van der Waals surface area (Å²) in [6, 6.07) is 0. The van der Waals surface area contributed by atoms with Crippen LogP contribution in [0.5, 0.6) is 0 Å². The molecular weight excluding hydrogens is 168 g/mol. The minimum absolute atomic E-state index is 0.258. The van der Waals surface area contributed by atoms with Crippen LogP contribution in [0.15, 0.2) is 0 Å². The molecule has 0 aliphatic rings. The molecule has 0 saturated heterocycles. The highest BCUT2D eigenvalue weighted by Gasteiger charge is 2.09. The van der Waals surface area contributed by atoms with Gasteiger partial charge in [-0.15, -0.1) is 0 Å². The van der Waals surface area contributed by atoms with Crippen LogP contribution in [0, 0.1) is 0 Å². The molecule has 3 nitrogen and oxygen atoms in total. The van der Waals surface area contributed by atoms with Gasteiger partial charge in [-0.3, -0.25) is 0 Å². The van der Waals surface area contributed by atoms with Crippen LogP contribution in [0.4, 0.5) is 0 Å². The summed E-state index contributed by atoms with van der Waals surface area (Å²) in [5.74, 6) is 0. The summed E-state index contributed by atoms with van der Waals surface area (Å²) in [6.07, 6.45) is 4.35. The Morgan fingerprint density at radius 3 is 2.23 bits per heavy atom. The molecule has 13 heavy (non-hydrogen) atoms. The van der Waals surface area contributed by atoms with Gasteiger partial charge in [0.1, 0.15) is 0 Å². The molecule has 0 saturated carbocycles. The van der Waals surface area contributed by atoms with Gasteiger partial charge in [0.25, 0.3) is 0 Å². The molecule has 0 aliphatic carbocycles. The quantitative estimate of drug-likeness (QED) is 0.502. The summed E-state index contributed by atoms with van der Waals surface area (Å²) in [6.45, 7) is 1.89. The molecular formula is C10H22O3. The number of aliphatic hydroxyl groups excluding tert-OH is 3. The van der Waals surface area contributed by atoms with E-state index in [9.17, 15) is 5.11 Å². The predicted octanol–water partition coefficient (Wildman–Crippen LogP) is 1.06. The molecule has 0 spiro atoms. The van der Waals surface area contributed by atoms with Gasteiger partial charge in [0.2, 0.25) is 0 Å². The van der Waals surface area contributed by atoms with E-state index < -0.39 is 12.2 Å². The molecule has 0 aromatic rings. The Balaban J connectivity index is 3.24. The third kappa shape index (κ3) is 8.22. The van der Waals surface area contributed by atoms with Crippen molar-refractivity contribution in [2.24, 2.45) is 0 Å². The normalized spacial score (nSPS) is 15.7. The lowest BCUT2D eigenvalue weighted by Crippen LogP contribution is -2.20. The molecule has 0 amide bonds. The van der Waals surface area contributed by atoms with Gasteiger partial charge >= 0.3 is 0 Å². The van der Waals surface area contributed by atoms with E-state index in [1.165, 1.54) is 12.8 Å². The zero-order chi connectivity index (χ0) is 10.1. The molecule has 0 aromatic carbocycles. The van der Waals surface area contributed by atoms with Crippen LogP contribution in [-0.4, -0.2) is 34.1 Å². The van der Waals surface area contributed by atoms with Gasteiger partial charge in [-0.05, 0) is 6.42 Å². The standard InChI is InChI=1S/C10H22O3/c1-2-3-4-5-6-9(12)7-10(13)8-11/h9-13H,2-8H2,1H3/t9-,10-/m0/s1. The maximum atomic E-state index is 9.38. The highest BCUT2D eigenvalue weighted by molar-refractivity contribution is 4.62. The Morgan fingerprint density at radius 2 is 1.69 bits per heavy atom. The fraction of sp³-hybridized carbons (Fsp3) is 1.00. The summed E-state index contributed by atoms with van der Waals surface area (Å²) in [5, 5.41) is 26.9. The van der Waals surface area contributed by atoms with E-state index in [0.717, 1.165) is 19.3 Å². The molecule has 0 radical (unpaired) electrons. The average Bonchev–Trinajstić information content (AvgIpc) is 2.12. The minimum atomic E-state index is -0.763. The van der Waals surface area contributed by atoms with Crippen LogP contribution >= 0.6 is 0 Å². The second-order valence-electron chi connectivity index (χ2n) is 3.58.